The Kier molecular flexibility index (Phi) is 6.34. The van der Waals surface area contributed by atoms with Gasteiger partial charge in [0, 0.05) is 49.4 Å². The number of benzene rings is 9. The third kappa shape index (κ3) is 4.38. The van der Waals surface area contributed by atoms with E-state index in [2.05, 4.69) is 214 Å². The molecule has 0 fully saturated rings. The van der Waals surface area contributed by atoms with Crippen LogP contribution in [0.25, 0.3) is 104 Å². The van der Waals surface area contributed by atoms with Gasteiger partial charge in [-0.3, -0.25) is 0 Å². The minimum absolute atomic E-state index is 1.16. The first-order valence-corrected chi connectivity index (χ1v) is 18.9. The van der Waals surface area contributed by atoms with Crippen molar-refractivity contribution in [2.45, 2.75) is 0 Å². The molecule has 0 amide bonds. The van der Waals surface area contributed by atoms with Gasteiger partial charge >= 0.3 is 0 Å². The molecule has 12 aromatic rings. The SMILES string of the molecule is c1ccc(-n2c3ccccc3c3cc(-c4ccc5c(c4)c4c(ccc6c7ccccc7n(-c7ccccc7)c64)n5-c4ccc5ccccc5c4)ccc32)cc1. The average molecular weight is 700 g/mol. The van der Waals surface area contributed by atoms with Gasteiger partial charge < -0.3 is 13.7 Å². The van der Waals surface area contributed by atoms with Gasteiger partial charge in [0.2, 0.25) is 0 Å². The highest BCUT2D eigenvalue weighted by Gasteiger charge is 2.22. The molecule has 3 nitrogen and oxygen atoms in total. The van der Waals surface area contributed by atoms with E-state index in [1.54, 1.807) is 0 Å². The normalized spacial score (nSPS) is 12.0. The molecule has 0 spiro atoms. The highest BCUT2D eigenvalue weighted by Crippen LogP contribution is 2.44. The lowest BCUT2D eigenvalue weighted by atomic mass is 10.00. The van der Waals surface area contributed by atoms with E-state index < -0.39 is 0 Å². The molecule has 256 valence electrons. The van der Waals surface area contributed by atoms with Crippen molar-refractivity contribution in [2.75, 3.05) is 0 Å². The van der Waals surface area contributed by atoms with Crippen molar-refractivity contribution >= 4 is 76.2 Å². The molecule has 3 heteroatoms. The quantitative estimate of drug-likeness (QED) is 0.174. The fourth-order valence-electron chi connectivity index (χ4n) is 9.19. The summed E-state index contributed by atoms with van der Waals surface area (Å²) in [6.45, 7) is 0. The van der Waals surface area contributed by atoms with E-state index in [1.165, 1.54) is 93.0 Å². The summed E-state index contributed by atoms with van der Waals surface area (Å²) in [6, 6.07) is 73.3. The van der Waals surface area contributed by atoms with Crippen molar-refractivity contribution in [2.24, 2.45) is 0 Å². The predicted octanol–water partition coefficient (Wildman–Crippen LogP) is 13.8. The topological polar surface area (TPSA) is 14.8 Å². The van der Waals surface area contributed by atoms with E-state index in [1.807, 2.05) is 0 Å². The van der Waals surface area contributed by atoms with Crippen LogP contribution in [0.1, 0.15) is 0 Å². The second-order valence-corrected chi connectivity index (χ2v) is 14.6. The molecular weight excluding hydrogens is 667 g/mol. The number of rotatable bonds is 4. The minimum atomic E-state index is 1.16. The van der Waals surface area contributed by atoms with Crippen LogP contribution in [0.15, 0.2) is 200 Å². The van der Waals surface area contributed by atoms with Crippen LogP contribution in [0, 0.1) is 0 Å². The minimum Gasteiger partial charge on any atom is -0.309 e. The van der Waals surface area contributed by atoms with Crippen LogP contribution < -0.4 is 0 Å². The molecule has 3 heterocycles. The second-order valence-electron chi connectivity index (χ2n) is 14.6. The van der Waals surface area contributed by atoms with E-state index in [9.17, 15) is 0 Å². The Labute approximate surface area is 317 Å². The van der Waals surface area contributed by atoms with Crippen molar-refractivity contribution in [3.63, 3.8) is 0 Å². The highest BCUT2D eigenvalue weighted by atomic mass is 15.0. The monoisotopic (exact) mass is 699 g/mol. The van der Waals surface area contributed by atoms with Crippen LogP contribution >= 0.6 is 0 Å². The van der Waals surface area contributed by atoms with Crippen molar-refractivity contribution in [1.82, 2.24) is 13.7 Å². The molecule has 0 unspecified atom stereocenters. The van der Waals surface area contributed by atoms with Crippen LogP contribution in [0.5, 0.6) is 0 Å². The third-order valence-corrected chi connectivity index (χ3v) is 11.6. The first kappa shape index (κ1) is 30.1. The zero-order valence-electron chi connectivity index (χ0n) is 29.9. The Morgan fingerprint density at radius 3 is 1.49 bits per heavy atom. The predicted molar refractivity (Wildman–Crippen MR) is 232 cm³/mol. The van der Waals surface area contributed by atoms with E-state index in [-0.39, 0.29) is 0 Å². The number of nitrogens with zero attached hydrogens (tertiary/aromatic N) is 3. The summed E-state index contributed by atoms with van der Waals surface area (Å²) in [6.07, 6.45) is 0. The van der Waals surface area contributed by atoms with E-state index in [0.717, 1.165) is 11.4 Å². The van der Waals surface area contributed by atoms with Gasteiger partial charge in [-0.05, 0) is 101 Å². The standard InChI is InChI=1S/C52H33N3/c1-3-15-38(16-4-1)53-46-21-11-10-20-42(46)44-32-36(24-28-48(44)53)37-25-29-49-45(33-37)51-50(54(49)40-26-23-34-13-7-8-14-35(34)31-40)30-27-43-41-19-9-12-22-47(41)55(52(43)51)39-17-5-2-6-18-39/h1-33H. The molecule has 0 atom stereocenters. The Bertz CT molecular complexity index is 3470. The summed E-state index contributed by atoms with van der Waals surface area (Å²) >= 11 is 0. The first-order chi connectivity index (χ1) is 27.3. The van der Waals surface area contributed by atoms with Crippen LogP contribution in [0.4, 0.5) is 0 Å². The maximum absolute atomic E-state index is 2.47. The van der Waals surface area contributed by atoms with Gasteiger partial charge in [0.25, 0.3) is 0 Å². The van der Waals surface area contributed by atoms with Crippen molar-refractivity contribution in [3.8, 4) is 28.2 Å². The molecule has 0 N–H and O–H groups in total. The molecule has 12 rings (SSSR count). The number of para-hydroxylation sites is 4. The maximum Gasteiger partial charge on any atom is 0.0641 e. The van der Waals surface area contributed by atoms with Crippen molar-refractivity contribution in [1.29, 1.82) is 0 Å². The van der Waals surface area contributed by atoms with Gasteiger partial charge in [-0.25, -0.2) is 0 Å². The number of hydrogen-bond donors (Lipinski definition) is 0. The van der Waals surface area contributed by atoms with Gasteiger partial charge in [0.05, 0.1) is 33.1 Å². The fraction of sp³-hybridized carbons (Fsp3) is 0. The number of fused-ring (bicyclic) bond motifs is 11. The van der Waals surface area contributed by atoms with Crippen LogP contribution in [-0.4, -0.2) is 13.7 Å². The summed E-state index contributed by atoms with van der Waals surface area (Å²) < 4.78 is 7.31. The van der Waals surface area contributed by atoms with Gasteiger partial charge in [-0.1, -0.05) is 121 Å². The Morgan fingerprint density at radius 1 is 0.255 bits per heavy atom. The molecule has 0 aliphatic carbocycles. The Morgan fingerprint density at radius 2 is 0.764 bits per heavy atom. The van der Waals surface area contributed by atoms with Crippen LogP contribution in [0.2, 0.25) is 0 Å². The molecule has 55 heavy (non-hydrogen) atoms. The Hall–Kier alpha value is -7.36. The Balaban J connectivity index is 1.18. The molecule has 9 aromatic carbocycles. The van der Waals surface area contributed by atoms with Gasteiger partial charge in [-0.15, -0.1) is 0 Å². The van der Waals surface area contributed by atoms with Crippen molar-refractivity contribution < 1.29 is 0 Å². The molecule has 0 saturated heterocycles. The smallest absolute Gasteiger partial charge is 0.0641 e. The summed E-state index contributed by atoms with van der Waals surface area (Å²) in [4.78, 5) is 0. The zero-order valence-corrected chi connectivity index (χ0v) is 29.9. The molecule has 3 aromatic heterocycles. The summed E-state index contributed by atoms with van der Waals surface area (Å²) in [5.41, 5.74) is 13.1. The summed E-state index contributed by atoms with van der Waals surface area (Å²) in [7, 11) is 0. The summed E-state index contributed by atoms with van der Waals surface area (Å²) in [5.74, 6) is 0. The molecular formula is C52H33N3. The summed E-state index contributed by atoms with van der Waals surface area (Å²) in [5, 5.41) is 9.98. The average Bonchev–Trinajstić information content (AvgIpc) is 3.89. The van der Waals surface area contributed by atoms with E-state index in [4.69, 9.17) is 0 Å². The van der Waals surface area contributed by atoms with Gasteiger partial charge in [0.1, 0.15) is 0 Å². The lowest BCUT2D eigenvalue weighted by Gasteiger charge is -2.11. The molecule has 0 aliphatic heterocycles. The number of aromatic nitrogens is 3. The molecule has 0 radical (unpaired) electrons. The molecule has 0 bridgehead atoms. The van der Waals surface area contributed by atoms with E-state index >= 15 is 0 Å². The second kappa shape index (κ2) is 11.6. The van der Waals surface area contributed by atoms with E-state index in [0.29, 0.717) is 0 Å². The fourth-order valence-corrected chi connectivity index (χ4v) is 9.19. The van der Waals surface area contributed by atoms with Gasteiger partial charge in [-0.2, -0.15) is 0 Å². The largest absolute Gasteiger partial charge is 0.309 e. The number of hydrogen-bond acceptors (Lipinski definition) is 0. The van der Waals surface area contributed by atoms with Crippen LogP contribution in [0.3, 0.4) is 0 Å². The third-order valence-electron chi connectivity index (χ3n) is 11.6. The highest BCUT2D eigenvalue weighted by molar-refractivity contribution is 6.26. The first-order valence-electron chi connectivity index (χ1n) is 18.9. The van der Waals surface area contributed by atoms with Crippen molar-refractivity contribution in [3.05, 3.63) is 200 Å². The maximum atomic E-state index is 2.47. The lowest BCUT2D eigenvalue weighted by molar-refractivity contribution is 1.18. The molecule has 0 saturated carbocycles. The zero-order chi connectivity index (χ0) is 36.0. The van der Waals surface area contributed by atoms with Gasteiger partial charge in [0.15, 0.2) is 0 Å². The lowest BCUT2D eigenvalue weighted by Crippen LogP contribution is -1.95. The molecule has 0 aliphatic rings. The van der Waals surface area contributed by atoms with Crippen LogP contribution in [-0.2, 0) is 0 Å².